The van der Waals surface area contributed by atoms with Crippen LogP contribution in [0.4, 0.5) is 8.78 Å². The first kappa shape index (κ1) is 26.3. The summed E-state index contributed by atoms with van der Waals surface area (Å²) in [5.41, 5.74) is 8.00. The second kappa shape index (κ2) is 12.5. The van der Waals surface area contributed by atoms with E-state index in [9.17, 15) is 18.4 Å². The topological polar surface area (TPSA) is 90.7 Å². The van der Waals surface area contributed by atoms with Crippen molar-refractivity contribution < 1.29 is 27.8 Å². The van der Waals surface area contributed by atoms with Crippen molar-refractivity contribution in [3.05, 3.63) is 131 Å². The third-order valence-electron chi connectivity index (χ3n) is 5.75. The van der Waals surface area contributed by atoms with Crippen molar-refractivity contribution in [2.75, 3.05) is 0 Å². The van der Waals surface area contributed by atoms with Crippen molar-refractivity contribution in [2.45, 2.75) is 25.7 Å². The van der Waals surface area contributed by atoms with Crippen molar-refractivity contribution in [1.29, 1.82) is 0 Å². The van der Waals surface area contributed by atoms with Crippen molar-refractivity contribution in [2.24, 2.45) is 5.73 Å². The first-order valence-electron chi connectivity index (χ1n) is 11.9. The minimum atomic E-state index is -1.17. The molecule has 0 unspecified atom stereocenters. The summed E-state index contributed by atoms with van der Waals surface area (Å²) in [6, 6.07) is 26.1. The number of hydrogen-bond donors (Lipinski definition) is 2. The number of nitrogens with two attached hydrogens (primary N) is 1. The fourth-order valence-corrected chi connectivity index (χ4v) is 3.72. The summed E-state index contributed by atoms with van der Waals surface area (Å²) in [6.07, 6.45) is 0.0470. The quantitative estimate of drug-likeness (QED) is 0.295. The lowest BCUT2D eigenvalue weighted by molar-refractivity contribution is -0.119. The van der Waals surface area contributed by atoms with E-state index in [2.05, 4.69) is 5.32 Å². The molecule has 0 heterocycles. The van der Waals surface area contributed by atoms with E-state index >= 15 is 0 Å². The van der Waals surface area contributed by atoms with E-state index in [4.69, 9.17) is 15.2 Å². The van der Waals surface area contributed by atoms with Gasteiger partial charge >= 0.3 is 0 Å². The highest BCUT2D eigenvalue weighted by Gasteiger charge is 2.21. The van der Waals surface area contributed by atoms with Gasteiger partial charge in [-0.05, 0) is 47.0 Å². The molecular weight excluding hydrogens is 490 g/mol. The van der Waals surface area contributed by atoms with Crippen molar-refractivity contribution in [3.63, 3.8) is 0 Å². The normalized spacial score (nSPS) is 11.4. The van der Waals surface area contributed by atoms with Crippen LogP contribution in [0, 0.1) is 11.6 Å². The van der Waals surface area contributed by atoms with Gasteiger partial charge in [-0.25, -0.2) is 8.78 Å². The Hall–Kier alpha value is -4.72. The van der Waals surface area contributed by atoms with Crippen LogP contribution in [0.15, 0.2) is 97.1 Å². The highest BCUT2D eigenvalue weighted by Crippen LogP contribution is 2.30. The van der Waals surface area contributed by atoms with E-state index in [1.807, 2.05) is 60.7 Å². The molecular formula is C30H26F2N2O4. The number of hydrogen-bond acceptors (Lipinski definition) is 4. The Bertz CT molecular complexity index is 1400. The smallest absolute Gasteiger partial charge is 0.252 e. The highest BCUT2D eigenvalue weighted by atomic mass is 19.2. The first-order chi connectivity index (χ1) is 18.4. The zero-order valence-corrected chi connectivity index (χ0v) is 20.4. The van der Waals surface area contributed by atoms with Crippen LogP contribution < -0.4 is 20.5 Å². The molecule has 0 aliphatic heterocycles. The molecule has 0 saturated heterocycles. The molecule has 8 heteroatoms. The molecule has 6 nitrogen and oxygen atoms in total. The third kappa shape index (κ3) is 7.16. The number of benzene rings is 4. The van der Waals surface area contributed by atoms with Crippen LogP contribution >= 0.6 is 0 Å². The molecule has 3 N–H and O–H groups in total. The molecule has 0 saturated carbocycles. The summed E-state index contributed by atoms with van der Waals surface area (Å²) in [7, 11) is 0. The van der Waals surface area contributed by atoms with Gasteiger partial charge < -0.3 is 20.5 Å². The lowest BCUT2D eigenvalue weighted by Crippen LogP contribution is -2.45. The molecule has 0 aromatic heterocycles. The second-order valence-corrected chi connectivity index (χ2v) is 8.59. The number of ether oxygens (including phenoxy) is 2. The van der Waals surface area contributed by atoms with Gasteiger partial charge in [0, 0.05) is 12.0 Å². The van der Waals surface area contributed by atoms with Crippen molar-refractivity contribution >= 4 is 11.8 Å². The molecule has 4 aromatic rings. The van der Waals surface area contributed by atoms with Crippen LogP contribution in [0.2, 0.25) is 0 Å². The lowest BCUT2D eigenvalue weighted by Gasteiger charge is -2.18. The fourth-order valence-electron chi connectivity index (χ4n) is 3.72. The molecule has 0 fully saturated rings. The van der Waals surface area contributed by atoms with Crippen molar-refractivity contribution in [3.8, 4) is 11.5 Å². The number of carbonyl (C=O) groups excluding carboxylic acids is 2. The molecule has 38 heavy (non-hydrogen) atoms. The predicted molar refractivity (Wildman–Crippen MR) is 139 cm³/mol. The van der Waals surface area contributed by atoms with Gasteiger partial charge in [0.2, 0.25) is 5.91 Å². The Morgan fingerprint density at radius 3 is 1.89 bits per heavy atom. The summed E-state index contributed by atoms with van der Waals surface area (Å²) in [5.74, 6) is -2.81. The molecule has 194 valence electrons. The van der Waals surface area contributed by atoms with E-state index in [-0.39, 0.29) is 18.6 Å². The maximum Gasteiger partial charge on any atom is 0.252 e. The van der Waals surface area contributed by atoms with E-state index in [0.29, 0.717) is 23.7 Å². The Kier molecular flexibility index (Phi) is 8.66. The first-order valence-corrected chi connectivity index (χ1v) is 11.9. The maximum atomic E-state index is 13.6. The van der Waals surface area contributed by atoms with Gasteiger partial charge in [-0.1, -0.05) is 66.7 Å². The molecule has 4 aromatic carbocycles. The van der Waals surface area contributed by atoms with Gasteiger partial charge in [-0.2, -0.15) is 0 Å². The van der Waals surface area contributed by atoms with Crippen LogP contribution in [-0.2, 0) is 24.4 Å². The Morgan fingerprint density at radius 2 is 1.32 bits per heavy atom. The van der Waals surface area contributed by atoms with Gasteiger partial charge in [-0.3, -0.25) is 9.59 Å². The van der Waals surface area contributed by atoms with Gasteiger partial charge in [0.25, 0.3) is 5.91 Å². The largest absolute Gasteiger partial charge is 0.485 e. The van der Waals surface area contributed by atoms with E-state index in [1.165, 1.54) is 0 Å². The summed E-state index contributed by atoms with van der Waals surface area (Å²) in [6.45, 7) is 0.619. The van der Waals surface area contributed by atoms with E-state index in [0.717, 1.165) is 29.3 Å². The summed E-state index contributed by atoms with van der Waals surface area (Å²) >= 11 is 0. The highest BCUT2D eigenvalue weighted by molar-refractivity contribution is 5.97. The predicted octanol–water partition coefficient (Wildman–Crippen LogP) is 4.95. The Morgan fingerprint density at radius 1 is 0.711 bits per heavy atom. The van der Waals surface area contributed by atoms with Gasteiger partial charge in [0.15, 0.2) is 23.1 Å². The number of amides is 2. The fraction of sp³-hybridized carbons (Fsp3) is 0.133. The minimum Gasteiger partial charge on any atom is -0.485 e. The number of primary amides is 1. The number of carbonyl (C=O) groups is 2. The number of nitrogens with one attached hydrogen (secondary N) is 1. The van der Waals surface area contributed by atoms with Crippen LogP contribution in [0.5, 0.6) is 11.5 Å². The molecule has 0 aliphatic carbocycles. The third-order valence-corrected chi connectivity index (χ3v) is 5.75. The Balaban J connectivity index is 1.52. The number of rotatable bonds is 11. The second-order valence-electron chi connectivity index (χ2n) is 8.59. The number of halogens is 2. The SMILES string of the molecule is NC(=O)[C@H](Cc1ccc(OCc2ccccc2)c(OCc2ccccc2)c1)NC(=O)c1ccc(F)c(F)c1. The molecule has 0 spiro atoms. The van der Waals surface area contributed by atoms with Crippen LogP contribution in [0.25, 0.3) is 0 Å². The summed E-state index contributed by atoms with van der Waals surface area (Å²) in [4.78, 5) is 24.7. The van der Waals surface area contributed by atoms with Crippen molar-refractivity contribution in [1.82, 2.24) is 5.32 Å². The molecule has 2 amide bonds. The lowest BCUT2D eigenvalue weighted by atomic mass is 10.0. The van der Waals surface area contributed by atoms with Gasteiger partial charge in [-0.15, -0.1) is 0 Å². The average Bonchev–Trinajstić information content (AvgIpc) is 2.93. The minimum absolute atomic E-state index is 0.0470. The van der Waals surface area contributed by atoms with E-state index in [1.54, 1.807) is 18.2 Å². The average molecular weight is 517 g/mol. The maximum absolute atomic E-state index is 13.6. The summed E-state index contributed by atoms with van der Waals surface area (Å²) in [5, 5.41) is 2.49. The zero-order chi connectivity index (χ0) is 26.9. The Labute approximate surface area is 219 Å². The van der Waals surface area contributed by atoms with Crippen LogP contribution in [0.1, 0.15) is 27.0 Å². The standard InChI is InChI=1S/C30H26F2N2O4/c31-24-13-12-23(17-25(24)32)30(36)34-26(29(33)35)15-22-11-14-27(37-18-20-7-3-1-4-8-20)28(16-22)38-19-21-9-5-2-6-10-21/h1-14,16-17,26H,15,18-19H2,(H2,33,35)(H,34,36)/t26-/m0/s1. The summed E-state index contributed by atoms with van der Waals surface area (Å²) < 4.78 is 38.9. The molecule has 0 bridgehead atoms. The molecule has 1 atom stereocenters. The van der Waals surface area contributed by atoms with Gasteiger partial charge in [0.05, 0.1) is 0 Å². The molecule has 4 rings (SSSR count). The van der Waals surface area contributed by atoms with Crippen LogP contribution in [0.3, 0.4) is 0 Å². The van der Waals surface area contributed by atoms with Crippen LogP contribution in [-0.4, -0.2) is 17.9 Å². The molecule has 0 radical (unpaired) electrons. The molecule has 0 aliphatic rings. The van der Waals surface area contributed by atoms with Gasteiger partial charge in [0.1, 0.15) is 19.3 Å². The monoisotopic (exact) mass is 516 g/mol. The zero-order valence-electron chi connectivity index (χ0n) is 20.4. The van der Waals surface area contributed by atoms with E-state index < -0.39 is 29.5 Å².